The van der Waals surface area contributed by atoms with Crippen molar-refractivity contribution in [3.8, 4) is 0 Å². The van der Waals surface area contributed by atoms with Crippen molar-refractivity contribution in [3.05, 3.63) is 15.9 Å². The van der Waals surface area contributed by atoms with Gasteiger partial charge in [0.2, 0.25) is 0 Å². The van der Waals surface area contributed by atoms with Crippen LogP contribution < -0.4 is 0 Å². The smallest absolute Gasteiger partial charge is 0.0478 e. The zero-order chi connectivity index (χ0) is 4.83. The molecule has 0 aromatic carbocycles. The third-order valence-corrected chi connectivity index (χ3v) is 0.772. The van der Waals surface area contributed by atoms with Crippen molar-refractivity contribution in [1.82, 2.24) is 0 Å². The first-order valence-corrected chi connectivity index (χ1v) is 3.25. The first-order chi connectivity index (χ1) is 2.91. The predicted molar refractivity (Wildman–Crippen MR) is 37.4 cm³/mol. The van der Waals surface area contributed by atoms with Crippen LogP contribution in [0.5, 0.6) is 0 Å². The normalized spacial score (nSPS) is 6.33. The second-order valence-corrected chi connectivity index (χ2v) is 1.57. The minimum atomic E-state index is 0.555. The first-order valence-electron chi connectivity index (χ1n) is 1.47. The SMILES string of the molecule is ClCC=C=CI. The van der Waals surface area contributed by atoms with Crippen molar-refractivity contribution in [2.75, 3.05) is 5.88 Å². The molecular weight excluding hydrogens is 210 g/mol. The van der Waals surface area contributed by atoms with Gasteiger partial charge >= 0.3 is 0 Å². The molecule has 2 heteroatoms. The molecule has 0 aliphatic heterocycles. The van der Waals surface area contributed by atoms with Crippen molar-refractivity contribution in [2.24, 2.45) is 0 Å². The van der Waals surface area contributed by atoms with Crippen molar-refractivity contribution in [1.29, 1.82) is 0 Å². The quantitative estimate of drug-likeness (QED) is 0.357. The average molecular weight is 214 g/mol. The summed E-state index contributed by atoms with van der Waals surface area (Å²) in [5, 5.41) is 0. The summed E-state index contributed by atoms with van der Waals surface area (Å²) in [7, 11) is 0. The van der Waals surface area contributed by atoms with Gasteiger partial charge in [-0.15, -0.1) is 17.3 Å². The lowest BCUT2D eigenvalue weighted by Crippen LogP contribution is -1.48. The van der Waals surface area contributed by atoms with E-state index in [0.717, 1.165) is 0 Å². The highest BCUT2D eigenvalue weighted by Crippen LogP contribution is 1.79. The molecule has 0 bridgehead atoms. The number of alkyl halides is 1. The summed E-state index contributed by atoms with van der Waals surface area (Å²) >= 11 is 7.32. The lowest BCUT2D eigenvalue weighted by molar-refractivity contribution is 1.78. The molecule has 0 unspecified atom stereocenters. The summed E-state index contributed by atoms with van der Waals surface area (Å²) in [6.45, 7) is 0. The Morgan fingerprint density at radius 2 is 2.50 bits per heavy atom. The Labute approximate surface area is 56.0 Å². The third kappa shape index (κ3) is 4.54. The molecular formula is C4H4ClI. The molecule has 0 aromatic rings. The van der Waals surface area contributed by atoms with E-state index < -0.39 is 0 Å². The van der Waals surface area contributed by atoms with Gasteiger partial charge in [0.25, 0.3) is 0 Å². The molecule has 0 fully saturated rings. The van der Waals surface area contributed by atoms with Crippen LogP contribution in [0, 0.1) is 0 Å². The van der Waals surface area contributed by atoms with E-state index in [1.54, 1.807) is 10.2 Å². The van der Waals surface area contributed by atoms with Crippen LogP contribution in [0.1, 0.15) is 0 Å². The van der Waals surface area contributed by atoms with E-state index in [1.165, 1.54) is 0 Å². The van der Waals surface area contributed by atoms with Crippen molar-refractivity contribution in [2.45, 2.75) is 0 Å². The van der Waals surface area contributed by atoms with E-state index in [0.29, 0.717) is 5.88 Å². The minimum Gasteiger partial charge on any atom is -0.122 e. The number of hydrogen-bond donors (Lipinski definition) is 0. The van der Waals surface area contributed by atoms with Crippen LogP contribution in [-0.2, 0) is 0 Å². The molecule has 0 atom stereocenters. The number of hydrogen-bond acceptors (Lipinski definition) is 0. The largest absolute Gasteiger partial charge is 0.122 e. The van der Waals surface area contributed by atoms with Crippen molar-refractivity contribution >= 4 is 34.2 Å². The van der Waals surface area contributed by atoms with E-state index >= 15 is 0 Å². The molecule has 0 spiro atoms. The van der Waals surface area contributed by atoms with E-state index in [9.17, 15) is 0 Å². The maximum atomic E-state index is 5.24. The van der Waals surface area contributed by atoms with Gasteiger partial charge in [-0.3, -0.25) is 0 Å². The Balaban J connectivity index is 3.18. The lowest BCUT2D eigenvalue weighted by atomic mass is 10.7. The molecule has 0 heterocycles. The van der Waals surface area contributed by atoms with Crippen LogP contribution in [-0.4, -0.2) is 5.88 Å². The summed E-state index contributed by atoms with van der Waals surface area (Å²) in [4.78, 5) is 0. The summed E-state index contributed by atoms with van der Waals surface area (Å²) in [5.41, 5.74) is 2.80. The Morgan fingerprint density at radius 1 is 1.83 bits per heavy atom. The highest BCUT2D eigenvalue weighted by Gasteiger charge is 1.55. The van der Waals surface area contributed by atoms with Gasteiger partial charge in [0.1, 0.15) is 0 Å². The van der Waals surface area contributed by atoms with Gasteiger partial charge in [-0.25, -0.2) is 0 Å². The fourth-order valence-corrected chi connectivity index (χ4v) is 0.432. The molecule has 0 rings (SSSR count). The van der Waals surface area contributed by atoms with Gasteiger partial charge in [-0.05, 0) is 28.7 Å². The second kappa shape index (κ2) is 5.54. The molecule has 0 nitrogen and oxygen atoms in total. The van der Waals surface area contributed by atoms with Gasteiger partial charge in [-0.1, -0.05) is 0 Å². The molecule has 0 aliphatic rings. The van der Waals surface area contributed by atoms with E-state index in [2.05, 4.69) is 28.3 Å². The van der Waals surface area contributed by atoms with E-state index in [1.807, 2.05) is 0 Å². The molecule has 0 aromatic heterocycles. The van der Waals surface area contributed by atoms with Gasteiger partial charge in [-0.2, -0.15) is 0 Å². The molecule has 0 amide bonds. The topological polar surface area (TPSA) is 0 Å². The van der Waals surface area contributed by atoms with Gasteiger partial charge in [0.05, 0.1) is 0 Å². The Morgan fingerprint density at radius 3 is 2.67 bits per heavy atom. The maximum Gasteiger partial charge on any atom is 0.0478 e. The van der Waals surface area contributed by atoms with Crippen LogP contribution >= 0.6 is 34.2 Å². The standard InChI is InChI=1S/C4H4ClI/c5-3-1-2-4-6/h1,4H,3H2. The van der Waals surface area contributed by atoms with Gasteiger partial charge in [0, 0.05) is 9.96 Å². The molecule has 0 radical (unpaired) electrons. The first kappa shape index (κ1) is 6.54. The zero-order valence-electron chi connectivity index (χ0n) is 3.12. The zero-order valence-corrected chi connectivity index (χ0v) is 6.03. The monoisotopic (exact) mass is 214 g/mol. The fraction of sp³-hybridized carbons (Fsp3) is 0.250. The summed E-state index contributed by atoms with van der Waals surface area (Å²) in [5.74, 6) is 0.555. The van der Waals surface area contributed by atoms with Crippen molar-refractivity contribution < 1.29 is 0 Å². The summed E-state index contributed by atoms with van der Waals surface area (Å²) < 4.78 is 1.79. The van der Waals surface area contributed by atoms with Crippen molar-refractivity contribution in [3.63, 3.8) is 0 Å². The van der Waals surface area contributed by atoms with E-state index in [-0.39, 0.29) is 0 Å². The third-order valence-electron chi connectivity index (χ3n) is 0.258. The Bertz CT molecular complexity index is 71.6. The van der Waals surface area contributed by atoms with Crippen LogP contribution in [0.25, 0.3) is 0 Å². The molecule has 34 valence electrons. The highest BCUT2D eigenvalue weighted by atomic mass is 127. The molecule has 0 saturated carbocycles. The summed E-state index contributed by atoms with van der Waals surface area (Å²) in [6.07, 6.45) is 1.76. The number of rotatable bonds is 1. The Hall–Kier alpha value is 0.540. The number of halogens is 2. The highest BCUT2D eigenvalue weighted by molar-refractivity contribution is 14.1. The molecule has 0 N–H and O–H groups in total. The number of allylic oxidation sites excluding steroid dienone is 1. The molecule has 0 aliphatic carbocycles. The average Bonchev–Trinajstić information content (AvgIpc) is 1.61. The molecule has 6 heavy (non-hydrogen) atoms. The van der Waals surface area contributed by atoms with Crippen LogP contribution in [0.3, 0.4) is 0 Å². The van der Waals surface area contributed by atoms with Gasteiger partial charge < -0.3 is 0 Å². The fourth-order valence-electron chi connectivity index (χ4n) is 0.0891. The van der Waals surface area contributed by atoms with Crippen LogP contribution in [0.4, 0.5) is 0 Å². The lowest BCUT2D eigenvalue weighted by Gasteiger charge is -1.59. The van der Waals surface area contributed by atoms with E-state index in [4.69, 9.17) is 11.6 Å². The minimum absolute atomic E-state index is 0.555. The second-order valence-electron chi connectivity index (χ2n) is 0.634. The van der Waals surface area contributed by atoms with Crippen LogP contribution in [0.15, 0.2) is 15.9 Å². The Kier molecular flexibility index (Phi) is 6.04. The summed E-state index contributed by atoms with van der Waals surface area (Å²) in [6, 6.07) is 0. The van der Waals surface area contributed by atoms with Gasteiger partial charge in [0.15, 0.2) is 0 Å². The molecule has 0 saturated heterocycles. The maximum absolute atomic E-state index is 5.24. The van der Waals surface area contributed by atoms with Crippen LogP contribution in [0.2, 0.25) is 0 Å². The predicted octanol–water partition coefficient (Wildman–Crippen LogP) is 2.33.